The molecule has 1 aromatic rings. The number of aryl methyl sites for hydroxylation is 1. The molecule has 14 heavy (non-hydrogen) atoms. The Kier molecular flexibility index (Phi) is 4.58. The third kappa shape index (κ3) is 3.49. The number of hydrogen-bond donors (Lipinski definition) is 0. The Balaban J connectivity index is 2.58. The molecular weight excluding hydrogens is 168 g/mol. The largest absolute Gasteiger partial charge is 0.101 e. The second-order valence-electron chi connectivity index (χ2n) is 3.18. The minimum atomic E-state index is 1.10. The van der Waals surface area contributed by atoms with Crippen molar-refractivity contribution in [1.82, 2.24) is 0 Å². The quantitative estimate of drug-likeness (QED) is 0.497. The number of benzene rings is 1. The highest BCUT2D eigenvalue weighted by Gasteiger charge is 1.90. The average Bonchev–Trinajstić information content (AvgIpc) is 2.21. The Bertz CT molecular complexity index is 344. The molecule has 0 radical (unpaired) electrons. The Labute approximate surface area is 86.7 Å². The van der Waals surface area contributed by atoms with E-state index in [1.165, 1.54) is 5.56 Å². The molecular formula is C14H16. The van der Waals surface area contributed by atoms with Gasteiger partial charge in [-0.3, -0.25) is 0 Å². The molecule has 0 N–H and O–H groups in total. The molecule has 0 amide bonds. The van der Waals surface area contributed by atoms with Crippen molar-refractivity contribution < 1.29 is 0 Å². The van der Waals surface area contributed by atoms with Gasteiger partial charge in [0.15, 0.2) is 0 Å². The van der Waals surface area contributed by atoms with Crippen LogP contribution in [-0.2, 0) is 6.42 Å². The van der Waals surface area contributed by atoms with Gasteiger partial charge in [0.2, 0.25) is 0 Å². The second-order valence-corrected chi connectivity index (χ2v) is 3.18. The van der Waals surface area contributed by atoms with Crippen molar-refractivity contribution in [3.63, 3.8) is 0 Å². The fraction of sp³-hybridized carbons (Fsp3) is 0.286. The lowest BCUT2D eigenvalue weighted by Crippen LogP contribution is -1.83. The van der Waals surface area contributed by atoms with Crippen LogP contribution in [0.5, 0.6) is 0 Å². The first kappa shape index (κ1) is 10.6. The van der Waals surface area contributed by atoms with Crippen LogP contribution in [0.15, 0.2) is 36.4 Å². The van der Waals surface area contributed by atoms with Gasteiger partial charge in [-0.2, -0.15) is 0 Å². The molecule has 0 saturated heterocycles. The monoisotopic (exact) mass is 184 g/mol. The molecule has 0 unspecified atom stereocenters. The topological polar surface area (TPSA) is 0 Å². The normalized spacial score (nSPS) is 9.86. The summed E-state index contributed by atoms with van der Waals surface area (Å²) in [5, 5.41) is 0. The summed E-state index contributed by atoms with van der Waals surface area (Å²) in [6.45, 7) is 3.92. The smallest absolute Gasteiger partial charge is 0.0245 e. The molecule has 0 fully saturated rings. The third-order valence-corrected chi connectivity index (χ3v) is 2.06. The zero-order chi connectivity index (χ0) is 10.2. The maximum atomic E-state index is 3.04. The van der Waals surface area contributed by atoms with E-state index in [0.717, 1.165) is 18.4 Å². The minimum absolute atomic E-state index is 1.10. The van der Waals surface area contributed by atoms with Crippen LogP contribution in [0.4, 0.5) is 0 Å². The van der Waals surface area contributed by atoms with Crippen molar-refractivity contribution in [2.24, 2.45) is 0 Å². The van der Waals surface area contributed by atoms with E-state index in [1.807, 2.05) is 6.92 Å². The summed E-state index contributed by atoms with van der Waals surface area (Å²) >= 11 is 0. The predicted molar refractivity (Wildman–Crippen MR) is 62.1 cm³/mol. The summed E-state index contributed by atoms with van der Waals surface area (Å²) in [5.41, 5.74) is 2.48. The molecule has 0 saturated carbocycles. The number of hydrogen-bond acceptors (Lipinski definition) is 0. The fourth-order valence-electron chi connectivity index (χ4n) is 1.32. The van der Waals surface area contributed by atoms with Crippen LogP contribution in [-0.4, -0.2) is 0 Å². The van der Waals surface area contributed by atoms with Crippen LogP contribution in [0.3, 0.4) is 0 Å². The van der Waals surface area contributed by atoms with Crippen molar-refractivity contribution in [2.75, 3.05) is 0 Å². The van der Waals surface area contributed by atoms with Crippen molar-refractivity contribution >= 4 is 0 Å². The minimum Gasteiger partial charge on any atom is -0.101 e. The van der Waals surface area contributed by atoms with Crippen LogP contribution in [0.25, 0.3) is 0 Å². The maximum Gasteiger partial charge on any atom is 0.0245 e. The summed E-state index contributed by atoms with van der Waals surface area (Å²) in [5.74, 6) is 5.93. The Hall–Kier alpha value is -1.48. The summed E-state index contributed by atoms with van der Waals surface area (Å²) in [6.07, 6.45) is 6.52. The van der Waals surface area contributed by atoms with Crippen molar-refractivity contribution in [3.8, 4) is 11.8 Å². The molecule has 0 aromatic heterocycles. The highest BCUT2D eigenvalue weighted by molar-refractivity contribution is 5.35. The van der Waals surface area contributed by atoms with E-state index < -0.39 is 0 Å². The molecule has 0 spiro atoms. The van der Waals surface area contributed by atoms with Crippen LogP contribution < -0.4 is 0 Å². The zero-order valence-corrected chi connectivity index (χ0v) is 8.88. The summed E-state index contributed by atoms with van der Waals surface area (Å²) < 4.78 is 0. The van der Waals surface area contributed by atoms with Crippen molar-refractivity contribution in [2.45, 2.75) is 26.7 Å². The van der Waals surface area contributed by atoms with Gasteiger partial charge in [0.1, 0.15) is 0 Å². The van der Waals surface area contributed by atoms with Gasteiger partial charge in [-0.1, -0.05) is 30.2 Å². The first-order valence-electron chi connectivity index (χ1n) is 4.99. The molecule has 72 valence electrons. The van der Waals surface area contributed by atoms with E-state index in [0.29, 0.717) is 0 Å². The molecule has 0 bridgehead atoms. The molecule has 0 aliphatic carbocycles. The highest BCUT2D eigenvalue weighted by Crippen LogP contribution is 2.06. The molecule has 1 rings (SSSR count). The molecule has 0 heteroatoms. The van der Waals surface area contributed by atoms with Crippen LogP contribution in [0.2, 0.25) is 0 Å². The lowest BCUT2D eigenvalue weighted by Gasteiger charge is -1.98. The van der Waals surface area contributed by atoms with Gasteiger partial charge in [-0.05, 0) is 44.4 Å². The summed E-state index contributed by atoms with van der Waals surface area (Å²) in [6, 6.07) is 8.48. The van der Waals surface area contributed by atoms with Crippen LogP contribution in [0, 0.1) is 11.8 Å². The molecule has 1 aromatic carbocycles. The molecule has 0 nitrogen and oxygen atoms in total. The lowest BCUT2D eigenvalue weighted by molar-refractivity contribution is 0.999. The fourth-order valence-corrected chi connectivity index (χ4v) is 1.32. The summed E-state index contributed by atoms with van der Waals surface area (Å²) in [7, 11) is 0. The van der Waals surface area contributed by atoms with E-state index in [2.05, 4.69) is 55.2 Å². The average molecular weight is 184 g/mol. The number of rotatable bonds is 3. The van der Waals surface area contributed by atoms with E-state index in [4.69, 9.17) is 0 Å². The van der Waals surface area contributed by atoms with Gasteiger partial charge < -0.3 is 0 Å². The molecule has 0 atom stereocenters. The first-order valence-corrected chi connectivity index (χ1v) is 4.99. The van der Waals surface area contributed by atoms with Gasteiger partial charge in [-0.25, -0.2) is 0 Å². The number of allylic oxidation sites excluding steroid dienone is 2. The van der Waals surface area contributed by atoms with E-state index in [-0.39, 0.29) is 0 Å². The van der Waals surface area contributed by atoms with E-state index in [1.54, 1.807) is 0 Å². The standard InChI is InChI=1S/C14H16/c1-3-5-6-8-14-11-9-13(7-4-2)10-12-14/h3,5,9-12H,6,8H2,1-2H3. The van der Waals surface area contributed by atoms with E-state index in [9.17, 15) is 0 Å². The first-order chi connectivity index (χ1) is 6.86. The van der Waals surface area contributed by atoms with Crippen LogP contribution >= 0.6 is 0 Å². The van der Waals surface area contributed by atoms with Gasteiger partial charge in [0, 0.05) is 5.56 Å². The lowest BCUT2D eigenvalue weighted by atomic mass is 10.1. The van der Waals surface area contributed by atoms with E-state index >= 15 is 0 Å². The highest BCUT2D eigenvalue weighted by atomic mass is 14.0. The van der Waals surface area contributed by atoms with Crippen molar-refractivity contribution in [3.05, 3.63) is 47.5 Å². The van der Waals surface area contributed by atoms with Gasteiger partial charge in [0.05, 0.1) is 0 Å². The van der Waals surface area contributed by atoms with Crippen molar-refractivity contribution in [1.29, 1.82) is 0 Å². The maximum absolute atomic E-state index is 3.04. The molecule has 0 aliphatic rings. The van der Waals surface area contributed by atoms with Gasteiger partial charge in [-0.15, -0.1) is 5.92 Å². The molecule has 0 aliphatic heterocycles. The van der Waals surface area contributed by atoms with Gasteiger partial charge in [0.25, 0.3) is 0 Å². The second kappa shape index (κ2) is 6.05. The SMILES string of the molecule is CC#Cc1ccc(CCC=CC)cc1. The van der Waals surface area contributed by atoms with Crippen LogP contribution in [0.1, 0.15) is 31.4 Å². The Morgan fingerprint density at radius 2 is 1.93 bits per heavy atom. The molecule has 0 heterocycles. The summed E-state index contributed by atoms with van der Waals surface area (Å²) in [4.78, 5) is 0. The Morgan fingerprint density at radius 3 is 2.50 bits per heavy atom. The zero-order valence-electron chi connectivity index (χ0n) is 8.88. The van der Waals surface area contributed by atoms with Gasteiger partial charge >= 0.3 is 0 Å². The predicted octanol–water partition coefficient (Wildman–Crippen LogP) is 3.57. The Morgan fingerprint density at radius 1 is 1.21 bits per heavy atom. The third-order valence-electron chi connectivity index (χ3n) is 2.06.